The first-order valence-corrected chi connectivity index (χ1v) is 15.2. The number of rotatable bonds is 27. The van der Waals surface area contributed by atoms with Crippen LogP contribution in [0.5, 0.6) is 0 Å². The summed E-state index contributed by atoms with van der Waals surface area (Å²) in [5.74, 6) is -0.978. The van der Waals surface area contributed by atoms with Gasteiger partial charge in [0.25, 0.3) is 5.97 Å². The van der Waals surface area contributed by atoms with Gasteiger partial charge in [-0.25, -0.2) is 0 Å². The Kier molecular flexibility index (Phi) is 33.2. The molecule has 0 radical (unpaired) electrons. The maximum Gasteiger partial charge on any atom is 0.305 e. The van der Waals surface area contributed by atoms with Gasteiger partial charge in [-0.15, -0.1) is 0 Å². The molecule has 0 heterocycles. The van der Waals surface area contributed by atoms with E-state index in [4.69, 9.17) is 24.9 Å². The first-order chi connectivity index (χ1) is 18.9. The fourth-order valence-electron chi connectivity index (χ4n) is 4.08. The molecule has 0 amide bonds. The lowest BCUT2D eigenvalue weighted by Crippen LogP contribution is -2.40. The highest BCUT2D eigenvalue weighted by atomic mass is 16.5. The molecule has 39 heavy (non-hydrogen) atoms. The summed E-state index contributed by atoms with van der Waals surface area (Å²) in [7, 11) is 0. The summed E-state index contributed by atoms with van der Waals surface area (Å²) in [5, 5.41) is 34.9. The number of nitrogens with zero attached hydrogens (tertiary/aromatic N) is 2. The number of carbonyl (C=O) groups is 2. The van der Waals surface area contributed by atoms with Crippen LogP contribution in [0.15, 0.2) is 12.2 Å². The number of carboxylic acid groups (broad SMARTS) is 1. The van der Waals surface area contributed by atoms with E-state index in [0.717, 1.165) is 19.8 Å². The Morgan fingerprint density at radius 2 is 1.05 bits per heavy atom. The summed E-state index contributed by atoms with van der Waals surface area (Å²) >= 11 is 0. The van der Waals surface area contributed by atoms with Gasteiger partial charge in [-0.05, 0) is 32.1 Å². The molecule has 0 bridgehead atoms. The Hall–Kier alpha value is -1.52. The van der Waals surface area contributed by atoms with Gasteiger partial charge in [0.05, 0.1) is 19.8 Å². The normalized spacial score (nSPS) is 11.3. The SMILES string of the molecule is CC(=O)O.CCCCCCCCC=CCCCCCCCC(=O)OCCN(CCO)CCN(CCO)CCO. The Morgan fingerprint density at radius 3 is 1.51 bits per heavy atom. The molecule has 0 saturated heterocycles. The second kappa shape index (κ2) is 32.7. The van der Waals surface area contributed by atoms with Crippen molar-refractivity contribution in [1.29, 1.82) is 0 Å². The van der Waals surface area contributed by atoms with Crippen LogP contribution in [0.4, 0.5) is 0 Å². The molecule has 4 N–H and O–H groups in total. The number of allylic oxidation sites excluding steroid dienone is 2. The van der Waals surface area contributed by atoms with Gasteiger partial charge < -0.3 is 25.2 Å². The largest absolute Gasteiger partial charge is 0.481 e. The summed E-state index contributed by atoms with van der Waals surface area (Å²) in [6, 6.07) is 0. The van der Waals surface area contributed by atoms with Gasteiger partial charge in [0.1, 0.15) is 6.61 Å². The van der Waals surface area contributed by atoms with Crippen LogP contribution < -0.4 is 0 Å². The minimum Gasteiger partial charge on any atom is -0.481 e. The summed E-state index contributed by atoms with van der Waals surface area (Å²) < 4.78 is 5.37. The number of unbranched alkanes of at least 4 members (excludes halogenated alkanes) is 11. The van der Waals surface area contributed by atoms with Crippen molar-refractivity contribution >= 4 is 11.9 Å². The number of aliphatic hydroxyl groups excluding tert-OH is 3. The smallest absolute Gasteiger partial charge is 0.305 e. The molecule has 0 saturated carbocycles. The van der Waals surface area contributed by atoms with Crippen molar-refractivity contribution < 1.29 is 34.8 Å². The van der Waals surface area contributed by atoms with Crippen LogP contribution >= 0.6 is 0 Å². The van der Waals surface area contributed by atoms with Crippen LogP contribution in [-0.2, 0) is 14.3 Å². The van der Waals surface area contributed by atoms with E-state index in [9.17, 15) is 9.90 Å². The maximum atomic E-state index is 12.0. The molecular formula is C30H60N2O7. The minimum atomic E-state index is -0.833. The van der Waals surface area contributed by atoms with Crippen LogP contribution in [-0.4, -0.2) is 108 Å². The fourth-order valence-corrected chi connectivity index (χ4v) is 4.08. The zero-order chi connectivity index (χ0) is 29.4. The van der Waals surface area contributed by atoms with Crippen molar-refractivity contribution in [2.24, 2.45) is 0 Å². The van der Waals surface area contributed by atoms with E-state index in [1.54, 1.807) is 0 Å². The molecule has 0 aromatic heterocycles. The monoisotopic (exact) mass is 560 g/mol. The van der Waals surface area contributed by atoms with Gasteiger partial charge in [0.2, 0.25) is 0 Å². The lowest BCUT2D eigenvalue weighted by molar-refractivity contribution is -0.144. The van der Waals surface area contributed by atoms with Crippen molar-refractivity contribution in [2.75, 3.05) is 65.7 Å². The molecule has 0 aromatic rings. The predicted octanol–water partition coefficient (Wildman–Crippen LogP) is 4.24. The van der Waals surface area contributed by atoms with Crippen molar-refractivity contribution in [1.82, 2.24) is 9.80 Å². The van der Waals surface area contributed by atoms with Gasteiger partial charge in [0, 0.05) is 52.6 Å². The maximum absolute atomic E-state index is 12.0. The molecule has 0 aliphatic rings. The van der Waals surface area contributed by atoms with Crippen molar-refractivity contribution in [2.45, 2.75) is 104 Å². The highest BCUT2D eigenvalue weighted by molar-refractivity contribution is 5.69. The Morgan fingerprint density at radius 1 is 0.641 bits per heavy atom. The van der Waals surface area contributed by atoms with Gasteiger partial charge in [-0.1, -0.05) is 70.4 Å². The number of hydrogen-bond acceptors (Lipinski definition) is 8. The van der Waals surface area contributed by atoms with Crippen LogP contribution in [0.2, 0.25) is 0 Å². The second-order valence-electron chi connectivity index (χ2n) is 9.93. The molecule has 9 nitrogen and oxygen atoms in total. The molecule has 0 spiro atoms. The number of carbonyl (C=O) groups excluding carboxylic acids is 1. The lowest BCUT2D eigenvalue weighted by atomic mass is 10.1. The van der Waals surface area contributed by atoms with E-state index in [2.05, 4.69) is 19.1 Å². The number of carboxylic acids is 1. The van der Waals surface area contributed by atoms with Crippen molar-refractivity contribution in [3.05, 3.63) is 12.2 Å². The molecule has 0 aliphatic heterocycles. The third-order valence-corrected chi connectivity index (χ3v) is 6.29. The lowest BCUT2D eigenvalue weighted by Gasteiger charge is -2.26. The third-order valence-electron chi connectivity index (χ3n) is 6.29. The zero-order valence-electron chi connectivity index (χ0n) is 25.0. The van der Waals surface area contributed by atoms with E-state index < -0.39 is 5.97 Å². The highest BCUT2D eigenvalue weighted by Crippen LogP contribution is 2.10. The van der Waals surface area contributed by atoms with Gasteiger partial charge in [-0.2, -0.15) is 0 Å². The summed E-state index contributed by atoms with van der Waals surface area (Å²) in [6.07, 6.45) is 21.2. The van der Waals surface area contributed by atoms with Crippen molar-refractivity contribution in [3.8, 4) is 0 Å². The number of hydrogen-bond donors (Lipinski definition) is 4. The van der Waals surface area contributed by atoms with Crippen LogP contribution in [0.3, 0.4) is 0 Å². The zero-order valence-corrected chi connectivity index (χ0v) is 25.0. The number of ether oxygens (including phenoxy) is 1. The molecule has 0 aliphatic carbocycles. The van der Waals surface area contributed by atoms with E-state index in [1.807, 2.05) is 9.80 Å². The Balaban J connectivity index is 0. The molecule has 0 fully saturated rings. The van der Waals surface area contributed by atoms with Gasteiger partial charge in [-0.3, -0.25) is 19.4 Å². The first kappa shape index (κ1) is 39.6. The number of esters is 1. The minimum absolute atomic E-state index is 0.0445. The molecule has 232 valence electrons. The first-order valence-electron chi connectivity index (χ1n) is 15.2. The molecule has 0 rings (SSSR count). The highest BCUT2D eigenvalue weighted by Gasteiger charge is 2.10. The van der Waals surface area contributed by atoms with Crippen LogP contribution in [0.25, 0.3) is 0 Å². The predicted molar refractivity (Wildman–Crippen MR) is 158 cm³/mol. The number of aliphatic carboxylic acids is 1. The average Bonchev–Trinajstić information content (AvgIpc) is 2.89. The molecular weight excluding hydrogens is 500 g/mol. The molecule has 9 heteroatoms. The molecule has 0 unspecified atom stereocenters. The standard InChI is InChI=1S/C28H56N2O5.C2H4O2/c1-2-3-4-5-6-7-8-9-10-11-12-13-14-15-16-17-28(34)35-27-23-30(22-26-33)19-18-29(20-24-31)21-25-32;1-2(3)4/h9-10,31-33H,2-8,11-27H2,1H3;1H3,(H,3,4). The quantitative estimate of drug-likeness (QED) is 0.0662. The summed E-state index contributed by atoms with van der Waals surface area (Å²) in [6.45, 7) is 7.29. The average molecular weight is 561 g/mol. The van der Waals surface area contributed by atoms with Crippen LogP contribution in [0, 0.1) is 0 Å². The van der Waals surface area contributed by atoms with E-state index in [0.29, 0.717) is 52.3 Å². The van der Waals surface area contributed by atoms with E-state index in [1.165, 1.54) is 70.6 Å². The van der Waals surface area contributed by atoms with Crippen LogP contribution in [0.1, 0.15) is 104 Å². The molecule has 0 aromatic carbocycles. The topological polar surface area (TPSA) is 131 Å². The third kappa shape index (κ3) is 34.5. The van der Waals surface area contributed by atoms with Gasteiger partial charge in [0.15, 0.2) is 0 Å². The van der Waals surface area contributed by atoms with Crippen molar-refractivity contribution in [3.63, 3.8) is 0 Å². The summed E-state index contributed by atoms with van der Waals surface area (Å²) in [5.41, 5.74) is 0. The number of aliphatic hydroxyl groups is 3. The Bertz CT molecular complexity index is 551. The fraction of sp³-hybridized carbons (Fsp3) is 0.867. The van der Waals surface area contributed by atoms with E-state index >= 15 is 0 Å². The molecule has 0 atom stereocenters. The second-order valence-corrected chi connectivity index (χ2v) is 9.93. The Labute approximate surface area is 238 Å². The van der Waals surface area contributed by atoms with Gasteiger partial charge >= 0.3 is 5.97 Å². The summed E-state index contributed by atoms with van der Waals surface area (Å²) in [4.78, 5) is 25.0. The van der Waals surface area contributed by atoms with E-state index in [-0.39, 0.29) is 25.8 Å².